The molecule has 4 nitrogen and oxygen atoms in total. The van der Waals surface area contributed by atoms with E-state index in [1.807, 2.05) is 13.8 Å². The van der Waals surface area contributed by atoms with Crippen LogP contribution in [-0.4, -0.2) is 26.2 Å². The van der Waals surface area contributed by atoms with Gasteiger partial charge in [-0.1, -0.05) is 32.0 Å². The van der Waals surface area contributed by atoms with Crippen molar-refractivity contribution in [3.8, 4) is 0 Å². The zero-order valence-corrected chi connectivity index (χ0v) is 10.9. The maximum atomic E-state index is 11.8. The Labute approximate surface area is 103 Å². The van der Waals surface area contributed by atoms with E-state index >= 15 is 0 Å². The van der Waals surface area contributed by atoms with E-state index in [1.165, 1.54) is 12.1 Å². The molecule has 0 bridgehead atoms. The van der Waals surface area contributed by atoms with E-state index in [0.717, 1.165) is 0 Å². The minimum Gasteiger partial charge on any atom is -0.392 e. The van der Waals surface area contributed by atoms with Crippen molar-refractivity contribution in [1.82, 2.24) is 4.72 Å². The molecule has 0 aliphatic rings. The first-order chi connectivity index (χ1) is 7.92. The second kappa shape index (κ2) is 6.14. The number of hydrogen-bond donors (Lipinski definition) is 2. The van der Waals surface area contributed by atoms with Crippen LogP contribution in [-0.2, 0) is 10.0 Å². The van der Waals surface area contributed by atoms with Gasteiger partial charge in [0.25, 0.3) is 0 Å². The monoisotopic (exact) mass is 257 g/mol. The lowest BCUT2D eigenvalue weighted by Crippen LogP contribution is -2.32. The molecule has 5 heteroatoms. The van der Waals surface area contributed by atoms with Gasteiger partial charge in [-0.05, 0) is 24.5 Å². The van der Waals surface area contributed by atoms with Crippen molar-refractivity contribution >= 4 is 10.0 Å². The molecule has 0 heterocycles. The van der Waals surface area contributed by atoms with Crippen molar-refractivity contribution in [3.63, 3.8) is 0 Å². The second-order valence-corrected chi connectivity index (χ2v) is 6.22. The predicted molar refractivity (Wildman–Crippen MR) is 67.1 cm³/mol. The van der Waals surface area contributed by atoms with E-state index in [0.29, 0.717) is 12.3 Å². The number of nitrogens with one attached hydrogen (secondary N) is 1. The molecular formula is C12H19NO3S. The van der Waals surface area contributed by atoms with Gasteiger partial charge in [-0.3, -0.25) is 0 Å². The smallest absolute Gasteiger partial charge is 0.240 e. The van der Waals surface area contributed by atoms with Gasteiger partial charge in [-0.15, -0.1) is 0 Å². The molecule has 0 amide bonds. The molecule has 0 saturated carbocycles. The van der Waals surface area contributed by atoms with E-state index in [1.54, 1.807) is 18.2 Å². The molecule has 0 aromatic heterocycles. The summed E-state index contributed by atoms with van der Waals surface area (Å²) in [5, 5.41) is 9.60. The SMILES string of the molecule is CC(C)CC(O)CNS(=O)(=O)c1ccccc1. The Morgan fingerprint density at radius 1 is 1.24 bits per heavy atom. The maximum Gasteiger partial charge on any atom is 0.240 e. The first-order valence-electron chi connectivity index (χ1n) is 5.64. The number of rotatable bonds is 6. The van der Waals surface area contributed by atoms with Gasteiger partial charge in [0.2, 0.25) is 10.0 Å². The second-order valence-electron chi connectivity index (χ2n) is 4.45. The van der Waals surface area contributed by atoms with Crippen LogP contribution in [0, 0.1) is 5.92 Å². The molecule has 2 N–H and O–H groups in total. The van der Waals surface area contributed by atoms with Crippen molar-refractivity contribution in [2.75, 3.05) is 6.54 Å². The van der Waals surface area contributed by atoms with Crippen LogP contribution in [0.25, 0.3) is 0 Å². The van der Waals surface area contributed by atoms with Crippen LogP contribution in [0.15, 0.2) is 35.2 Å². The third-order valence-electron chi connectivity index (χ3n) is 2.31. The molecule has 17 heavy (non-hydrogen) atoms. The minimum absolute atomic E-state index is 0.0510. The third kappa shape index (κ3) is 4.85. The topological polar surface area (TPSA) is 66.4 Å². The highest BCUT2D eigenvalue weighted by Crippen LogP contribution is 2.08. The third-order valence-corrected chi connectivity index (χ3v) is 3.75. The molecule has 0 fully saturated rings. The average molecular weight is 257 g/mol. The lowest BCUT2D eigenvalue weighted by atomic mass is 10.1. The largest absolute Gasteiger partial charge is 0.392 e. The molecular weight excluding hydrogens is 238 g/mol. The normalized spacial score (nSPS) is 13.9. The molecule has 1 rings (SSSR count). The van der Waals surface area contributed by atoms with Gasteiger partial charge in [-0.2, -0.15) is 0 Å². The lowest BCUT2D eigenvalue weighted by Gasteiger charge is -2.14. The van der Waals surface area contributed by atoms with Crippen molar-refractivity contribution in [2.45, 2.75) is 31.3 Å². The van der Waals surface area contributed by atoms with Crippen LogP contribution in [0.2, 0.25) is 0 Å². The summed E-state index contributed by atoms with van der Waals surface area (Å²) in [6.07, 6.45) is -0.0643. The molecule has 0 aliphatic heterocycles. The Morgan fingerprint density at radius 2 is 1.82 bits per heavy atom. The first kappa shape index (κ1) is 14.2. The summed E-state index contributed by atoms with van der Waals surface area (Å²) in [7, 11) is -3.50. The molecule has 0 aliphatic carbocycles. The fourth-order valence-electron chi connectivity index (χ4n) is 1.52. The van der Waals surface area contributed by atoms with Crippen LogP contribution in [0.3, 0.4) is 0 Å². The predicted octanol–water partition coefficient (Wildman–Crippen LogP) is 1.37. The number of sulfonamides is 1. The highest BCUT2D eigenvalue weighted by atomic mass is 32.2. The summed E-state index contributed by atoms with van der Waals surface area (Å²) in [5.41, 5.74) is 0. The number of benzene rings is 1. The van der Waals surface area contributed by atoms with Gasteiger partial charge in [0, 0.05) is 6.54 Å². The fraction of sp³-hybridized carbons (Fsp3) is 0.500. The van der Waals surface area contributed by atoms with Gasteiger partial charge in [0.1, 0.15) is 0 Å². The van der Waals surface area contributed by atoms with Gasteiger partial charge in [0.15, 0.2) is 0 Å². The Kier molecular flexibility index (Phi) is 5.11. The highest BCUT2D eigenvalue weighted by Gasteiger charge is 2.15. The summed E-state index contributed by atoms with van der Waals surface area (Å²) < 4.78 is 26.0. The number of aliphatic hydroxyl groups excluding tert-OH is 1. The number of aliphatic hydroxyl groups is 1. The Bertz CT molecular complexity index is 428. The van der Waals surface area contributed by atoms with Crippen molar-refractivity contribution in [1.29, 1.82) is 0 Å². The molecule has 1 aromatic carbocycles. The molecule has 96 valence electrons. The van der Waals surface area contributed by atoms with Crippen LogP contribution in [0.5, 0.6) is 0 Å². The van der Waals surface area contributed by atoms with Gasteiger partial charge >= 0.3 is 0 Å². The summed E-state index contributed by atoms with van der Waals surface area (Å²) in [6, 6.07) is 8.14. The van der Waals surface area contributed by atoms with Crippen molar-refractivity contribution in [2.24, 2.45) is 5.92 Å². The van der Waals surface area contributed by atoms with Crippen molar-refractivity contribution in [3.05, 3.63) is 30.3 Å². The maximum absolute atomic E-state index is 11.8. The minimum atomic E-state index is -3.50. The molecule has 0 spiro atoms. The van der Waals surface area contributed by atoms with E-state index < -0.39 is 16.1 Å². The van der Waals surface area contributed by atoms with Crippen LogP contribution in [0.1, 0.15) is 20.3 Å². The molecule has 1 atom stereocenters. The summed E-state index contributed by atoms with van der Waals surface area (Å²) in [4.78, 5) is 0.219. The summed E-state index contributed by atoms with van der Waals surface area (Å²) >= 11 is 0. The Balaban J connectivity index is 2.57. The molecule has 1 unspecified atom stereocenters. The van der Waals surface area contributed by atoms with E-state index in [2.05, 4.69) is 4.72 Å². The summed E-state index contributed by atoms with van der Waals surface area (Å²) in [6.45, 7) is 4.01. The van der Waals surface area contributed by atoms with Gasteiger partial charge in [0.05, 0.1) is 11.0 Å². The Morgan fingerprint density at radius 3 is 2.35 bits per heavy atom. The van der Waals surface area contributed by atoms with Crippen LogP contribution in [0.4, 0.5) is 0 Å². The molecule has 0 radical (unpaired) electrons. The van der Waals surface area contributed by atoms with Gasteiger partial charge < -0.3 is 5.11 Å². The summed E-state index contributed by atoms with van der Waals surface area (Å²) in [5.74, 6) is 0.339. The molecule has 1 aromatic rings. The average Bonchev–Trinajstić information content (AvgIpc) is 2.27. The van der Waals surface area contributed by atoms with Crippen LogP contribution >= 0.6 is 0 Å². The lowest BCUT2D eigenvalue weighted by molar-refractivity contribution is 0.152. The fourth-order valence-corrected chi connectivity index (χ4v) is 2.61. The highest BCUT2D eigenvalue weighted by molar-refractivity contribution is 7.89. The quantitative estimate of drug-likeness (QED) is 0.809. The number of hydrogen-bond acceptors (Lipinski definition) is 3. The van der Waals surface area contributed by atoms with Gasteiger partial charge in [-0.25, -0.2) is 13.1 Å². The van der Waals surface area contributed by atoms with E-state index in [9.17, 15) is 13.5 Å². The zero-order chi connectivity index (χ0) is 12.9. The zero-order valence-electron chi connectivity index (χ0n) is 10.1. The van der Waals surface area contributed by atoms with Crippen LogP contribution < -0.4 is 4.72 Å². The molecule has 0 saturated heterocycles. The Hall–Kier alpha value is -0.910. The standard InChI is InChI=1S/C12H19NO3S/c1-10(2)8-11(14)9-13-17(15,16)12-6-4-3-5-7-12/h3-7,10-11,13-14H,8-9H2,1-2H3. The van der Waals surface area contributed by atoms with E-state index in [4.69, 9.17) is 0 Å². The first-order valence-corrected chi connectivity index (χ1v) is 7.13. The van der Waals surface area contributed by atoms with Crippen molar-refractivity contribution < 1.29 is 13.5 Å². The van der Waals surface area contributed by atoms with E-state index in [-0.39, 0.29) is 11.4 Å².